The highest BCUT2D eigenvalue weighted by Crippen LogP contribution is 2.44. The fourth-order valence-electron chi connectivity index (χ4n) is 5.43. The first-order chi connectivity index (χ1) is 20.1. The molecular weight excluding hydrogens is 544 g/mol. The summed E-state index contributed by atoms with van der Waals surface area (Å²) < 4.78 is 0. The molecule has 0 atom stereocenters. The van der Waals surface area contributed by atoms with Crippen LogP contribution in [-0.2, 0) is 27.0 Å². The summed E-state index contributed by atoms with van der Waals surface area (Å²) in [6.45, 7) is 12.5. The van der Waals surface area contributed by atoms with Crippen molar-refractivity contribution in [1.29, 1.82) is 0 Å². The van der Waals surface area contributed by atoms with E-state index in [9.17, 15) is 29.4 Å². The van der Waals surface area contributed by atoms with E-state index in [4.69, 9.17) is 0 Å². The van der Waals surface area contributed by atoms with Crippen LogP contribution >= 0.6 is 0 Å². The molecule has 43 heavy (non-hydrogen) atoms. The molecule has 0 saturated heterocycles. The lowest BCUT2D eigenvalue weighted by Gasteiger charge is -2.24. The minimum atomic E-state index is -1.28. The van der Waals surface area contributed by atoms with E-state index in [0.29, 0.717) is 28.1 Å². The van der Waals surface area contributed by atoms with Gasteiger partial charge in [0.1, 0.15) is 0 Å². The monoisotopic (exact) mass is 578 g/mol. The molecule has 0 aliphatic carbocycles. The Hall–Kier alpha value is -4.98. The molecule has 0 unspecified atom stereocenters. The highest BCUT2D eigenvalue weighted by Gasteiger charge is 2.45. The highest BCUT2D eigenvalue weighted by molar-refractivity contribution is 6.30. The van der Waals surface area contributed by atoms with Crippen LogP contribution in [0.1, 0.15) is 90.1 Å². The molecule has 5 rings (SSSR count). The van der Waals surface area contributed by atoms with Gasteiger partial charge in [-0.2, -0.15) is 0 Å². The van der Waals surface area contributed by atoms with E-state index in [2.05, 4.69) is 46.9 Å². The van der Waals surface area contributed by atoms with Crippen molar-refractivity contribution in [3.05, 3.63) is 117 Å². The molecule has 220 valence electrons. The number of hydrogen-bond acceptors (Lipinski definition) is 4. The van der Waals surface area contributed by atoms with Crippen LogP contribution in [0.3, 0.4) is 0 Å². The Morgan fingerprint density at radius 3 is 1.60 bits per heavy atom. The summed E-state index contributed by atoms with van der Waals surface area (Å²) in [5.41, 5.74) is 4.46. The van der Waals surface area contributed by atoms with Gasteiger partial charge in [-0.15, -0.1) is 0 Å². The van der Waals surface area contributed by atoms with Crippen molar-refractivity contribution in [3.63, 3.8) is 0 Å². The molecule has 0 aromatic heterocycles. The third kappa shape index (κ3) is 5.48. The zero-order valence-corrected chi connectivity index (χ0v) is 25.0. The van der Waals surface area contributed by atoms with Crippen LogP contribution in [0.4, 0.5) is 0 Å². The SMILES string of the molecule is CC(C)(C)c1ccc(C2=C3C(=O)N(Cc4cc(C(=O)O)cc(C(=O)O)c4)C(c4ccc(C(C)(C)C)cc4)=C3C(=O)N2)cc1. The van der Waals surface area contributed by atoms with E-state index in [1.807, 2.05) is 48.5 Å². The van der Waals surface area contributed by atoms with Gasteiger partial charge in [-0.25, -0.2) is 9.59 Å². The number of aromatic carboxylic acids is 2. The van der Waals surface area contributed by atoms with Crippen molar-refractivity contribution in [3.8, 4) is 0 Å². The molecule has 0 spiro atoms. The lowest BCUT2D eigenvalue weighted by molar-refractivity contribution is -0.123. The molecule has 2 aliphatic heterocycles. The fourth-order valence-corrected chi connectivity index (χ4v) is 5.43. The molecule has 0 radical (unpaired) electrons. The van der Waals surface area contributed by atoms with Crippen LogP contribution in [0.15, 0.2) is 77.9 Å². The second-order valence-electron chi connectivity index (χ2n) is 13.0. The third-order valence-corrected chi connectivity index (χ3v) is 7.82. The van der Waals surface area contributed by atoms with Crippen molar-refractivity contribution >= 4 is 35.1 Å². The first-order valence-electron chi connectivity index (χ1n) is 14.0. The quantitative estimate of drug-likeness (QED) is 0.331. The first-order valence-corrected chi connectivity index (χ1v) is 14.0. The summed E-state index contributed by atoms with van der Waals surface area (Å²) in [7, 11) is 0. The molecule has 2 amide bonds. The molecule has 2 heterocycles. The maximum atomic E-state index is 14.2. The Kier molecular flexibility index (Phi) is 7.12. The standard InChI is InChI=1S/C35H34N2O6/c1-34(2,3)24-11-7-20(8-12-24)28-26-27(30(38)36-28)29(21-9-13-25(14-10-21)35(4,5)6)37(31(26)39)18-19-15-22(32(40)41)17-23(16-19)33(42)43/h7-17H,18H2,1-6H3,(H,36,38)(H,40,41)(H,42,43). The van der Waals surface area contributed by atoms with Gasteiger partial charge in [0, 0.05) is 0 Å². The summed E-state index contributed by atoms with van der Waals surface area (Å²) in [5.74, 6) is -3.42. The Morgan fingerprint density at radius 1 is 0.698 bits per heavy atom. The molecule has 0 bridgehead atoms. The third-order valence-electron chi connectivity index (χ3n) is 7.82. The molecule has 3 aromatic rings. The molecule has 8 heteroatoms. The van der Waals surface area contributed by atoms with Gasteiger partial charge in [-0.05, 0) is 56.8 Å². The van der Waals surface area contributed by atoms with Crippen molar-refractivity contribution < 1.29 is 29.4 Å². The number of carboxylic acids is 2. The number of nitrogens with one attached hydrogen (secondary N) is 1. The maximum absolute atomic E-state index is 14.2. The van der Waals surface area contributed by atoms with E-state index in [-0.39, 0.29) is 39.6 Å². The molecule has 3 N–H and O–H groups in total. The van der Waals surface area contributed by atoms with Gasteiger partial charge >= 0.3 is 11.9 Å². The average Bonchev–Trinajstić information content (AvgIpc) is 3.42. The van der Waals surface area contributed by atoms with Gasteiger partial charge in [0.25, 0.3) is 11.8 Å². The lowest BCUT2D eigenvalue weighted by atomic mass is 9.86. The lowest BCUT2D eigenvalue weighted by Crippen LogP contribution is -2.27. The smallest absolute Gasteiger partial charge is 0.335 e. The maximum Gasteiger partial charge on any atom is 0.335 e. The summed E-state index contributed by atoms with van der Waals surface area (Å²) in [6.07, 6.45) is 0. The number of rotatable bonds is 6. The molecular formula is C35H34N2O6. The number of hydrogen-bond donors (Lipinski definition) is 3. The second-order valence-corrected chi connectivity index (χ2v) is 13.0. The number of fused-ring (bicyclic) bond motifs is 1. The Balaban J connectivity index is 1.68. The summed E-state index contributed by atoms with van der Waals surface area (Å²) >= 11 is 0. The van der Waals surface area contributed by atoms with Gasteiger partial charge < -0.3 is 20.4 Å². The number of benzene rings is 3. The fraction of sp³-hybridized carbons (Fsp3) is 0.257. The average molecular weight is 579 g/mol. The topological polar surface area (TPSA) is 124 Å². The van der Waals surface area contributed by atoms with E-state index in [0.717, 1.165) is 17.2 Å². The summed E-state index contributed by atoms with van der Waals surface area (Å²) in [5, 5.41) is 22.1. The Labute approximate surface area is 250 Å². The van der Waals surface area contributed by atoms with E-state index in [1.165, 1.54) is 17.0 Å². The predicted molar refractivity (Wildman–Crippen MR) is 163 cm³/mol. The van der Waals surface area contributed by atoms with Crippen molar-refractivity contribution in [2.75, 3.05) is 0 Å². The minimum Gasteiger partial charge on any atom is -0.478 e. The summed E-state index contributed by atoms with van der Waals surface area (Å²) in [6, 6.07) is 19.1. The summed E-state index contributed by atoms with van der Waals surface area (Å²) in [4.78, 5) is 52.7. The minimum absolute atomic E-state index is 0.0774. The molecule has 2 aliphatic rings. The predicted octanol–water partition coefficient (Wildman–Crippen LogP) is 5.97. The van der Waals surface area contributed by atoms with Gasteiger partial charge in [0.2, 0.25) is 0 Å². The van der Waals surface area contributed by atoms with Gasteiger partial charge in [-0.1, -0.05) is 90.1 Å². The van der Waals surface area contributed by atoms with Crippen LogP contribution in [0.5, 0.6) is 0 Å². The molecule has 8 nitrogen and oxygen atoms in total. The zero-order valence-electron chi connectivity index (χ0n) is 25.0. The number of carbonyl (C=O) groups excluding carboxylic acids is 2. The van der Waals surface area contributed by atoms with Crippen LogP contribution in [0.25, 0.3) is 11.4 Å². The zero-order chi connectivity index (χ0) is 31.4. The van der Waals surface area contributed by atoms with Crippen LogP contribution < -0.4 is 5.32 Å². The van der Waals surface area contributed by atoms with E-state index < -0.39 is 23.8 Å². The van der Waals surface area contributed by atoms with Gasteiger partial charge in [-0.3, -0.25) is 9.59 Å². The van der Waals surface area contributed by atoms with E-state index in [1.54, 1.807) is 0 Å². The number of nitrogens with zero attached hydrogens (tertiary/aromatic N) is 1. The van der Waals surface area contributed by atoms with Crippen LogP contribution in [0.2, 0.25) is 0 Å². The molecule has 3 aromatic carbocycles. The van der Waals surface area contributed by atoms with Gasteiger partial charge in [0.05, 0.1) is 40.2 Å². The molecule has 0 fully saturated rings. The number of carboxylic acid groups (broad SMARTS) is 2. The van der Waals surface area contributed by atoms with Crippen molar-refractivity contribution in [1.82, 2.24) is 10.2 Å². The number of amides is 2. The van der Waals surface area contributed by atoms with Crippen LogP contribution in [0, 0.1) is 0 Å². The Bertz CT molecular complexity index is 1720. The van der Waals surface area contributed by atoms with Crippen molar-refractivity contribution in [2.45, 2.75) is 58.9 Å². The first kappa shape index (κ1) is 29.5. The molecule has 0 saturated carbocycles. The largest absolute Gasteiger partial charge is 0.478 e. The second kappa shape index (κ2) is 10.4. The normalized spacial score (nSPS) is 15.3. The van der Waals surface area contributed by atoms with Crippen LogP contribution in [-0.4, -0.2) is 38.9 Å². The van der Waals surface area contributed by atoms with E-state index >= 15 is 0 Å². The van der Waals surface area contributed by atoms with Gasteiger partial charge in [0.15, 0.2) is 0 Å². The highest BCUT2D eigenvalue weighted by atomic mass is 16.4. The Morgan fingerprint density at radius 2 is 1.16 bits per heavy atom. The number of carbonyl (C=O) groups is 4. The van der Waals surface area contributed by atoms with Crippen molar-refractivity contribution in [2.24, 2.45) is 0 Å².